The second-order valence-electron chi connectivity index (χ2n) is 6.80. The number of hydrogen-bond acceptors (Lipinski definition) is 3. The molecule has 1 atom stereocenters. The van der Waals surface area contributed by atoms with E-state index >= 15 is 0 Å². The van der Waals surface area contributed by atoms with Crippen LogP contribution in [-0.2, 0) is 11.3 Å². The number of alkyl halides is 2. The van der Waals surface area contributed by atoms with Gasteiger partial charge in [-0.05, 0) is 30.5 Å². The molecule has 1 amide bonds. The van der Waals surface area contributed by atoms with Gasteiger partial charge in [0.1, 0.15) is 0 Å². The molecule has 1 aromatic rings. The minimum absolute atomic E-state index is 0.0357. The van der Waals surface area contributed by atoms with Gasteiger partial charge in [0, 0.05) is 32.1 Å². The van der Waals surface area contributed by atoms with Crippen molar-refractivity contribution in [3.05, 3.63) is 33.8 Å². The lowest BCUT2D eigenvalue weighted by Crippen LogP contribution is -2.49. The van der Waals surface area contributed by atoms with E-state index in [9.17, 15) is 13.6 Å². The third kappa shape index (κ3) is 5.03. The van der Waals surface area contributed by atoms with E-state index in [-0.39, 0.29) is 11.9 Å². The maximum absolute atomic E-state index is 13.2. The number of halogens is 4. The first kappa shape index (κ1) is 18.8. The molecule has 0 aliphatic carbocycles. The minimum Gasteiger partial charge on any atom is -0.352 e. The number of nitrogens with one attached hydrogen (secondary N) is 2. The summed E-state index contributed by atoms with van der Waals surface area (Å²) >= 11 is 12.0. The number of hydrogen-bond donors (Lipinski definition) is 2. The van der Waals surface area contributed by atoms with Crippen molar-refractivity contribution in [2.24, 2.45) is 0 Å². The maximum Gasteiger partial charge on any atom is 0.262 e. The SMILES string of the molecule is O=C(NC1CCN(Cc2ccc(Cl)c(Cl)c2)CC1)C1CC(F)(F)CN1. The molecule has 1 unspecified atom stereocenters. The standard InChI is InChI=1S/C17H21Cl2F2N3O/c18-13-2-1-11(7-14(13)19)9-24-5-3-12(4-6-24)23-16(25)15-8-17(20,21)10-22-15/h1-2,7,12,15,22H,3-6,8-10H2,(H,23,25). The van der Waals surface area contributed by atoms with Crippen molar-refractivity contribution in [1.82, 2.24) is 15.5 Å². The summed E-state index contributed by atoms with van der Waals surface area (Å²) in [6.07, 6.45) is 1.18. The van der Waals surface area contributed by atoms with Crippen molar-refractivity contribution in [3.8, 4) is 0 Å². The number of rotatable bonds is 4. The molecule has 3 rings (SSSR count). The first-order chi connectivity index (χ1) is 11.8. The Morgan fingerprint density at radius 3 is 2.60 bits per heavy atom. The van der Waals surface area contributed by atoms with Crippen LogP contribution >= 0.6 is 23.2 Å². The zero-order valence-corrected chi connectivity index (χ0v) is 15.2. The quantitative estimate of drug-likeness (QED) is 0.828. The Balaban J connectivity index is 1.44. The number of carbonyl (C=O) groups is 1. The first-order valence-corrected chi connectivity index (χ1v) is 9.16. The molecule has 2 fully saturated rings. The summed E-state index contributed by atoms with van der Waals surface area (Å²) in [5.74, 6) is -3.11. The zero-order valence-electron chi connectivity index (χ0n) is 13.7. The van der Waals surface area contributed by atoms with Gasteiger partial charge < -0.3 is 5.32 Å². The number of piperidine rings is 1. The van der Waals surface area contributed by atoms with E-state index in [1.807, 2.05) is 12.1 Å². The summed E-state index contributed by atoms with van der Waals surface area (Å²) in [5, 5.41) is 6.57. The normalized spacial score (nSPS) is 24.4. The Labute approximate surface area is 155 Å². The van der Waals surface area contributed by atoms with Gasteiger partial charge in [0.25, 0.3) is 5.92 Å². The van der Waals surface area contributed by atoms with Crippen LogP contribution in [0.1, 0.15) is 24.8 Å². The van der Waals surface area contributed by atoms with Crippen LogP contribution in [0.5, 0.6) is 0 Å². The third-order valence-electron chi connectivity index (χ3n) is 4.75. The van der Waals surface area contributed by atoms with Gasteiger partial charge in [-0.15, -0.1) is 0 Å². The monoisotopic (exact) mass is 391 g/mol. The Morgan fingerprint density at radius 1 is 1.28 bits per heavy atom. The van der Waals surface area contributed by atoms with Crippen molar-refractivity contribution in [2.75, 3.05) is 19.6 Å². The van der Waals surface area contributed by atoms with Crippen LogP contribution in [0, 0.1) is 0 Å². The Kier molecular flexibility index (Phi) is 5.83. The third-order valence-corrected chi connectivity index (χ3v) is 5.49. The fraction of sp³-hybridized carbons (Fsp3) is 0.588. The maximum atomic E-state index is 13.2. The van der Waals surface area contributed by atoms with Crippen LogP contribution in [0.3, 0.4) is 0 Å². The molecule has 0 spiro atoms. The predicted molar refractivity (Wildman–Crippen MR) is 94.3 cm³/mol. The molecule has 25 heavy (non-hydrogen) atoms. The van der Waals surface area contributed by atoms with Gasteiger partial charge in [0.2, 0.25) is 5.91 Å². The molecule has 0 saturated carbocycles. The fourth-order valence-corrected chi connectivity index (χ4v) is 3.65. The molecule has 0 radical (unpaired) electrons. The van der Waals surface area contributed by atoms with Gasteiger partial charge in [0.15, 0.2) is 0 Å². The highest BCUT2D eigenvalue weighted by molar-refractivity contribution is 6.42. The van der Waals surface area contributed by atoms with Crippen LogP contribution in [0.15, 0.2) is 18.2 Å². The average molecular weight is 392 g/mol. The Hall–Kier alpha value is -0.950. The lowest BCUT2D eigenvalue weighted by Gasteiger charge is -2.33. The number of likely N-dealkylation sites (tertiary alicyclic amines) is 1. The highest BCUT2D eigenvalue weighted by Gasteiger charge is 2.42. The van der Waals surface area contributed by atoms with Gasteiger partial charge in [-0.25, -0.2) is 8.78 Å². The van der Waals surface area contributed by atoms with Crippen molar-refractivity contribution in [3.63, 3.8) is 0 Å². The summed E-state index contributed by atoms with van der Waals surface area (Å²) < 4.78 is 26.4. The molecule has 8 heteroatoms. The second kappa shape index (κ2) is 7.74. The van der Waals surface area contributed by atoms with Crippen molar-refractivity contribution in [1.29, 1.82) is 0 Å². The van der Waals surface area contributed by atoms with Crippen LogP contribution < -0.4 is 10.6 Å². The van der Waals surface area contributed by atoms with Crippen LogP contribution in [0.25, 0.3) is 0 Å². The second-order valence-corrected chi connectivity index (χ2v) is 7.62. The molecule has 0 bridgehead atoms. The molecule has 2 heterocycles. The number of amides is 1. The average Bonchev–Trinajstić information content (AvgIpc) is 2.93. The van der Waals surface area contributed by atoms with Gasteiger partial charge in [-0.2, -0.15) is 0 Å². The first-order valence-electron chi connectivity index (χ1n) is 8.40. The van der Waals surface area contributed by atoms with Gasteiger partial charge in [0.05, 0.1) is 22.6 Å². The fourth-order valence-electron chi connectivity index (χ4n) is 3.33. The molecule has 2 aliphatic heterocycles. The summed E-state index contributed by atoms with van der Waals surface area (Å²) in [6.45, 7) is 2.01. The van der Waals surface area contributed by atoms with E-state index in [2.05, 4.69) is 15.5 Å². The van der Waals surface area contributed by atoms with Gasteiger partial charge in [-0.1, -0.05) is 29.3 Å². The highest BCUT2D eigenvalue weighted by atomic mass is 35.5. The molecule has 2 N–H and O–H groups in total. The van der Waals surface area contributed by atoms with Crippen molar-refractivity contribution >= 4 is 29.1 Å². The Bertz CT molecular complexity index is 636. The molecular formula is C17H21Cl2F2N3O. The van der Waals surface area contributed by atoms with E-state index in [4.69, 9.17) is 23.2 Å². The smallest absolute Gasteiger partial charge is 0.262 e. The Morgan fingerprint density at radius 2 is 2.00 bits per heavy atom. The van der Waals surface area contributed by atoms with E-state index in [1.54, 1.807) is 6.07 Å². The van der Waals surface area contributed by atoms with Gasteiger partial charge in [-0.3, -0.25) is 15.0 Å². The van der Waals surface area contributed by atoms with E-state index in [0.29, 0.717) is 10.0 Å². The number of carbonyl (C=O) groups excluding carboxylic acids is 1. The lowest BCUT2D eigenvalue weighted by molar-refractivity contribution is -0.124. The van der Waals surface area contributed by atoms with E-state index in [1.165, 1.54) is 0 Å². The largest absolute Gasteiger partial charge is 0.352 e. The summed E-state index contributed by atoms with van der Waals surface area (Å²) in [7, 11) is 0. The van der Waals surface area contributed by atoms with Crippen LogP contribution in [0.2, 0.25) is 10.0 Å². The molecular weight excluding hydrogens is 371 g/mol. The number of nitrogens with zero attached hydrogens (tertiary/aromatic N) is 1. The van der Waals surface area contributed by atoms with Gasteiger partial charge >= 0.3 is 0 Å². The molecule has 1 aromatic carbocycles. The number of benzene rings is 1. The summed E-state index contributed by atoms with van der Waals surface area (Å²) in [4.78, 5) is 14.4. The molecule has 4 nitrogen and oxygen atoms in total. The zero-order chi connectivity index (χ0) is 18.0. The van der Waals surface area contributed by atoms with E-state index < -0.39 is 24.9 Å². The summed E-state index contributed by atoms with van der Waals surface area (Å²) in [5.41, 5.74) is 1.09. The van der Waals surface area contributed by atoms with Crippen molar-refractivity contribution in [2.45, 2.75) is 43.8 Å². The van der Waals surface area contributed by atoms with Crippen molar-refractivity contribution < 1.29 is 13.6 Å². The van der Waals surface area contributed by atoms with Crippen LogP contribution in [-0.4, -0.2) is 48.4 Å². The highest BCUT2D eigenvalue weighted by Crippen LogP contribution is 2.26. The molecule has 138 valence electrons. The van der Waals surface area contributed by atoms with Crippen LogP contribution in [0.4, 0.5) is 8.78 Å². The molecule has 2 saturated heterocycles. The molecule has 2 aliphatic rings. The lowest BCUT2D eigenvalue weighted by atomic mass is 10.0. The molecule has 0 aromatic heterocycles. The van der Waals surface area contributed by atoms with E-state index in [0.717, 1.165) is 38.0 Å². The summed E-state index contributed by atoms with van der Waals surface area (Å²) in [6, 6.07) is 4.85. The minimum atomic E-state index is -2.79. The topological polar surface area (TPSA) is 44.4 Å². The predicted octanol–water partition coefficient (Wildman–Crippen LogP) is 3.07.